The zero-order chi connectivity index (χ0) is 18.1. The zero-order valence-electron chi connectivity index (χ0n) is 13.7. The second kappa shape index (κ2) is 7.41. The monoisotopic (exact) mass is 380 g/mol. The highest BCUT2D eigenvalue weighted by Crippen LogP contribution is 2.56. The molecular weight excluding hydrogens is 360 g/mol. The third-order valence-corrected chi connectivity index (χ3v) is 7.30. The van der Waals surface area contributed by atoms with Gasteiger partial charge in [-0.1, -0.05) is 49.0 Å². The van der Waals surface area contributed by atoms with Crippen LogP contribution in [0.25, 0.3) is 0 Å². The van der Waals surface area contributed by atoms with Crippen molar-refractivity contribution < 1.29 is 19.8 Å². The lowest BCUT2D eigenvalue weighted by Crippen LogP contribution is -2.61. The predicted octanol–water partition coefficient (Wildman–Crippen LogP) is 1.98. The van der Waals surface area contributed by atoms with Gasteiger partial charge in [-0.25, -0.2) is 4.79 Å². The lowest BCUT2D eigenvalue weighted by molar-refractivity contribution is -0.157. The molecule has 25 heavy (non-hydrogen) atoms. The molecule has 0 saturated carbocycles. The van der Waals surface area contributed by atoms with Crippen LogP contribution in [0.5, 0.6) is 0 Å². The summed E-state index contributed by atoms with van der Waals surface area (Å²) >= 11 is 2.72. The second-order valence-corrected chi connectivity index (χ2v) is 8.51. The number of aliphatic hydroxyl groups excluding tert-OH is 1. The van der Waals surface area contributed by atoms with Crippen molar-refractivity contribution in [2.45, 2.75) is 30.1 Å². The first kappa shape index (κ1) is 18.3. The van der Waals surface area contributed by atoms with Crippen molar-refractivity contribution in [3.8, 4) is 0 Å². The Bertz CT molecular complexity index is 710. The molecule has 2 aliphatic rings. The first-order chi connectivity index (χ1) is 12.0. The van der Waals surface area contributed by atoms with E-state index in [-0.39, 0.29) is 22.2 Å². The number of hydrogen-bond donors (Lipinski definition) is 3. The van der Waals surface area contributed by atoms with Gasteiger partial charge in [-0.3, -0.25) is 9.69 Å². The Hall–Kier alpha value is -1.48. The van der Waals surface area contributed by atoms with Crippen molar-refractivity contribution in [2.75, 3.05) is 6.54 Å². The van der Waals surface area contributed by atoms with Crippen LogP contribution in [0.1, 0.15) is 24.2 Å². The minimum absolute atomic E-state index is 0.0129. The van der Waals surface area contributed by atoms with E-state index in [1.165, 1.54) is 28.4 Å². The number of nitrogens with two attached hydrogens (primary N) is 1. The molecule has 0 aromatic heterocycles. The molecule has 8 heteroatoms. The number of aliphatic hydroxyl groups is 1. The van der Waals surface area contributed by atoms with Crippen LogP contribution >= 0.6 is 23.5 Å². The Labute approximate surface area is 154 Å². The molecular formula is C17H20N2O4S2. The molecule has 3 rings (SSSR count). The van der Waals surface area contributed by atoms with Crippen LogP contribution in [-0.2, 0) is 9.59 Å². The van der Waals surface area contributed by atoms with Gasteiger partial charge in [0, 0.05) is 11.8 Å². The number of rotatable bonds is 7. The summed E-state index contributed by atoms with van der Waals surface area (Å²) in [6.07, 6.45) is -0.290. The minimum Gasteiger partial charge on any atom is -0.477 e. The quantitative estimate of drug-likeness (QED) is 0.621. The number of thioether (sulfide) groups is 2. The van der Waals surface area contributed by atoms with E-state index in [0.717, 1.165) is 5.56 Å². The van der Waals surface area contributed by atoms with Crippen molar-refractivity contribution >= 4 is 35.4 Å². The summed E-state index contributed by atoms with van der Waals surface area (Å²) in [7, 11) is 0. The van der Waals surface area contributed by atoms with E-state index in [0.29, 0.717) is 17.2 Å². The van der Waals surface area contributed by atoms with Gasteiger partial charge in [-0.2, -0.15) is 0 Å². The van der Waals surface area contributed by atoms with Crippen LogP contribution in [0, 0.1) is 5.92 Å². The molecule has 1 amide bonds. The molecule has 1 aromatic carbocycles. The Kier molecular flexibility index (Phi) is 5.43. The number of aliphatic carboxylic acids is 1. The van der Waals surface area contributed by atoms with E-state index in [4.69, 9.17) is 5.73 Å². The van der Waals surface area contributed by atoms with E-state index in [1.807, 2.05) is 30.3 Å². The maximum atomic E-state index is 12.4. The first-order valence-corrected chi connectivity index (χ1v) is 9.82. The highest BCUT2D eigenvalue weighted by molar-refractivity contribution is 8.22. The van der Waals surface area contributed by atoms with E-state index in [2.05, 4.69) is 0 Å². The molecule has 4 N–H and O–H groups in total. The fourth-order valence-corrected chi connectivity index (χ4v) is 6.13. The average molecular weight is 380 g/mol. The lowest BCUT2D eigenvalue weighted by Gasteiger charge is -2.44. The Balaban J connectivity index is 1.85. The lowest BCUT2D eigenvalue weighted by atomic mass is 9.90. The standard InChI is InChI=1S/C17H20N2O4S2/c1-2-10(20)12-14(21)19-13(16(22)23)17(25-15(12)19)24-11(8-18)9-6-4-3-5-7-9/h3-7,10-12,15,20H,2,8,18H2,1H3,(H,22,23)/t10-,11?,12+,15+/m0/s1. The number of carboxylic acids is 1. The Morgan fingerprint density at radius 1 is 1.40 bits per heavy atom. The maximum Gasteiger partial charge on any atom is 0.354 e. The van der Waals surface area contributed by atoms with E-state index >= 15 is 0 Å². The molecule has 0 aliphatic carbocycles. The largest absolute Gasteiger partial charge is 0.477 e. The molecule has 134 valence electrons. The summed E-state index contributed by atoms with van der Waals surface area (Å²) in [4.78, 5) is 25.4. The van der Waals surface area contributed by atoms with E-state index < -0.39 is 18.0 Å². The van der Waals surface area contributed by atoms with E-state index in [9.17, 15) is 19.8 Å². The topological polar surface area (TPSA) is 104 Å². The highest BCUT2D eigenvalue weighted by atomic mass is 32.2. The molecule has 1 aromatic rings. The van der Waals surface area contributed by atoms with Crippen molar-refractivity contribution in [3.63, 3.8) is 0 Å². The maximum absolute atomic E-state index is 12.4. The molecule has 0 bridgehead atoms. The number of benzene rings is 1. The van der Waals surface area contributed by atoms with Crippen LogP contribution < -0.4 is 5.73 Å². The van der Waals surface area contributed by atoms with Gasteiger partial charge in [0.2, 0.25) is 5.91 Å². The van der Waals surface area contributed by atoms with Crippen LogP contribution in [-0.4, -0.2) is 45.0 Å². The zero-order valence-corrected chi connectivity index (χ0v) is 15.3. The highest BCUT2D eigenvalue weighted by Gasteiger charge is 2.58. The Morgan fingerprint density at radius 2 is 2.08 bits per heavy atom. The smallest absolute Gasteiger partial charge is 0.354 e. The third kappa shape index (κ3) is 3.19. The number of carbonyl (C=O) groups is 2. The number of carboxylic acid groups (broad SMARTS) is 1. The van der Waals surface area contributed by atoms with E-state index in [1.54, 1.807) is 6.92 Å². The minimum atomic E-state index is -1.13. The summed E-state index contributed by atoms with van der Waals surface area (Å²) in [5.74, 6) is -1.99. The van der Waals surface area contributed by atoms with Crippen LogP contribution in [0.4, 0.5) is 0 Å². The van der Waals surface area contributed by atoms with Gasteiger partial charge in [-0.15, -0.1) is 11.8 Å². The van der Waals surface area contributed by atoms with Gasteiger partial charge in [0.05, 0.1) is 16.3 Å². The molecule has 2 aliphatic heterocycles. The summed E-state index contributed by atoms with van der Waals surface area (Å²) in [6.45, 7) is 2.16. The van der Waals surface area contributed by atoms with Crippen molar-refractivity contribution in [3.05, 3.63) is 45.8 Å². The van der Waals surface area contributed by atoms with Crippen molar-refractivity contribution in [2.24, 2.45) is 11.7 Å². The van der Waals surface area contributed by atoms with Gasteiger partial charge >= 0.3 is 5.97 Å². The Morgan fingerprint density at radius 3 is 2.64 bits per heavy atom. The molecule has 0 spiro atoms. The molecule has 4 atom stereocenters. The fourth-order valence-electron chi connectivity index (χ4n) is 3.05. The van der Waals surface area contributed by atoms with Gasteiger partial charge in [0.25, 0.3) is 0 Å². The molecule has 2 heterocycles. The number of hydrogen-bond acceptors (Lipinski definition) is 6. The molecule has 0 radical (unpaired) electrons. The second-order valence-electron chi connectivity index (χ2n) is 5.91. The third-order valence-electron chi connectivity index (χ3n) is 4.42. The average Bonchev–Trinajstić information content (AvgIpc) is 2.94. The number of β-lactam (4-membered cyclic amide) rings is 1. The van der Waals surface area contributed by atoms with Gasteiger partial charge in [-0.05, 0) is 12.0 Å². The van der Waals surface area contributed by atoms with Crippen molar-refractivity contribution in [1.82, 2.24) is 4.90 Å². The van der Waals surface area contributed by atoms with Crippen molar-refractivity contribution in [1.29, 1.82) is 0 Å². The first-order valence-electron chi connectivity index (χ1n) is 8.06. The number of fused-ring (bicyclic) bond motifs is 1. The number of amides is 1. The summed E-state index contributed by atoms with van der Waals surface area (Å²) < 4.78 is 0.580. The molecule has 1 unspecified atom stereocenters. The van der Waals surface area contributed by atoms with Crippen LogP contribution in [0.15, 0.2) is 40.3 Å². The summed E-state index contributed by atoms with van der Waals surface area (Å²) in [5, 5.41) is 19.2. The van der Waals surface area contributed by atoms with Gasteiger partial charge < -0.3 is 15.9 Å². The van der Waals surface area contributed by atoms with Crippen LogP contribution in [0.3, 0.4) is 0 Å². The number of nitrogens with zero attached hydrogens (tertiary/aromatic N) is 1. The summed E-state index contributed by atoms with van der Waals surface area (Å²) in [6, 6.07) is 9.65. The van der Waals surface area contributed by atoms with Gasteiger partial charge in [0.15, 0.2) is 5.70 Å². The molecule has 1 saturated heterocycles. The molecule has 1 fully saturated rings. The molecule has 6 nitrogen and oxygen atoms in total. The normalized spacial score (nSPS) is 24.8. The fraction of sp³-hybridized carbons (Fsp3) is 0.412. The predicted molar refractivity (Wildman–Crippen MR) is 98.5 cm³/mol. The van der Waals surface area contributed by atoms with Gasteiger partial charge in [0.1, 0.15) is 5.37 Å². The summed E-state index contributed by atoms with van der Waals surface area (Å²) in [5.41, 5.74) is 6.92. The SMILES string of the molecule is CC[C@H](O)[C@@H]1C(=O)N2C(C(=O)O)=C(SC(CN)c3ccccc3)S[C@H]12. The number of carbonyl (C=O) groups excluding carboxylic acids is 1. The van der Waals surface area contributed by atoms with Crippen LogP contribution in [0.2, 0.25) is 0 Å².